The van der Waals surface area contributed by atoms with Crippen LogP contribution in [-0.4, -0.2) is 42.6 Å². The minimum atomic E-state index is -0.940. The summed E-state index contributed by atoms with van der Waals surface area (Å²) >= 11 is 0. The van der Waals surface area contributed by atoms with Gasteiger partial charge in [0.1, 0.15) is 0 Å². The predicted octanol–water partition coefficient (Wildman–Crippen LogP) is 0.904. The fraction of sp³-hybridized carbons (Fsp3) is 0.700. The first-order valence-electron chi connectivity index (χ1n) is 4.89. The number of oxime groups is 1. The van der Waals surface area contributed by atoms with E-state index in [9.17, 15) is 4.79 Å². The van der Waals surface area contributed by atoms with Crippen molar-refractivity contribution in [3.63, 3.8) is 0 Å². The first-order chi connectivity index (χ1) is 6.91. The van der Waals surface area contributed by atoms with E-state index in [1.807, 2.05) is 27.9 Å². The number of rotatable bonds is 3. The van der Waals surface area contributed by atoms with Crippen LogP contribution in [0.4, 0.5) is 0 Å². The van der Waals surface area contributed by atoms with Crippen molar-refractivity contribution in [1.29, 1.82) is 0 Å². The highest BCUT2D eigenvalue weighted by molar-refractivity contribution is 6.13. The Morgan fingerprint density at radius 3 is 2.47 bits per heavy atom. The molecule has 0 saturated heterocycles. The summed E-state index contributed by atoms with van der Waals surface area (Å²) < 4.78 is 0. The van der Waals surface area contributed by atoms with Crippen LogP contribution in [0.25, 0.3) is 0 Å². The van der Waals surface area contributed by atoms with Crippen molar-refractivity contribution in [2.75, 3.05) is 14.1 Å². The molecule has 84 valence electrons. The van der Waals surface area contributed by atoms with Gasteiger partial charge in [0.2, 0.25) is 5.54 Å². The Bertz CT molecular complexity index is 321. The minimum absolute atomic E-state index is 0.0208. The molecule has 0 amide bonds. The van der Waals surface area contributed by atoms with Crippen LogP contribution in [0.15, 0.2) is 10.1 Å². The van der Waals surface area contributed by atoms with Gasteiger partial charge < -0.3 is 9.74 Å². The number of nitrogens with zero attached hydrogens (tertiary/aromatic N) is 3. The summed E-state index contributed by atoms with van der Waals surface area (Å²) in [6.07, 6.45) is 1.62. The Kier molecular flexibility index (Phi) is 3.12. The summed E-state index contributed by atoms with van der Waals surface area (Å²) in [4.78, 5) is 22.5. The number of hydrogen-bond donors (Lipinski definition) is 0. The second-order valence-corrected chi connectivity index (χ2v) is 4.18. The Balaban J connectivity index is 3.09. The van der Waals surface area contributed by atoms with E-state index < -0.39 is 11.5 Å². The van der Waals surface area contributed by atoms with Crippen LogP contribution in [0, 0.1) is 5.92 Å². The summed E-state index contributed by atoms with van der Waals surface area (Å²) in [5, 5.41) is 3.70. The Hall–Kier alpha value is -1.39. The molecule has 0 aromatic heterocycles. The van der Waals surface area contributed by atoms with E-state index >= 15 is 0 Å². The third-order valence-corrected chi connectivity index (χ3v) is 2.46. The molecule has 0 aliphatic carbocycles. The van der Waals surface area contributed by atoms with Crippen molar-refractivity contribution in [3.05, 3.63) is 0 Å². The molecule has 0 bridgehead atoms. The maximum absolute atomic E-state index is 11.7. The topological polar surface area (TPSA) is 54.3 Å². The fourth-order valence-electron chi connectivity index (χ4n) is 1.55. The smallest absolute Gasteiger partial charge is 0.368 e. The Morgan fingerprint density at radius 2 is 2.13 bits per heavy atom. The van der Waals surface area contributed by atoms with Gasteiger partial charge in [0.25, 0.3) is 0 Å². The number of aliphatic imine (C=N–C) groups is 1. The monoisotopic (exact) mass is 211 g/mol. The molecule has 1 unspecified atom stereocenters. The Labute approximate surface area is 89.8 Å². The van der Waals surface area contributed by atoms with E-state index in [2.05, 4.69) is 10.1 Å². The molecule has 1 aliphatic heterocycles. The van der Waals surface area contributed by atoms with Gasteiger partial charge in [-0.2, -0.15) is 0 Å². The molecule has 1 aliphatic rings. The highest BCUT2D eigenvalue weighted by Crippen LogP contribution is 2.30. The van der Waals surface area contributed by atoms with E-state index in [1.54, 1.807) is 18.2 Å². The summed E-state index contributed by atoms with van der Waals surface area (Å²) in [7, 11) is 3.70. The quantitative estimate of drug-likeness (QED) is 0.396. The van der Waals surface area contributed by atoms with Gasteiger partial charge in [-0.3, -0.25) is 4.99 Å². The third kappa shape index (κ3) is 1.86. The predicted molar refractivity (Wildman–Crippen MR) is 58.9 cm³/mol. The molecule has 5 heteroatoms. The van der Waals surface area contributed by atoms with Crippen molar-refractivity contribution >= 4 is 18.0 Å². The van der Waals surface area contributed by atoms with Gasteiger partial charge in [-0.1, -0.05) is 19.0 Å². The molecule has 0 aromatic rings. The van der Waals surface area contributed by atoms with Gasteiger partial charge in [0.15, 0.2) is 0 Å². The van der Waals surface area contributed by atoms with E-state index in [4.69, 9.17) is 4.84 Å². The van der Waals surface area contributed by atoms with Crippen LogP contribution >= 0.6 is 0 Å². The summed E-state index contributed by atoms with van der Waals surface area (Å²) in [5.74, 6) is -0.374. The summed E-state index contributed by atoms with van der Waals surface area (Å²) in [6, 6.07) is 0. The summed E-state index contributed by atoms with van der Waals surface area (Å²) in [6.45, 7) is 5.62. The second kappa shape index (κ2) is 4.00. The first kappa shape index (κ1) is 11.7. The average Bonchev–Trinajstić information content (AvgIpc) is 2.41. The van der Waals surface area contributed by atoms with Gasteiger partial charge in [0.05, 0.1) is 12.1 Å². The molecule has 1 atom stereocenters. The zero-order valence-electron chi connectivity index (χ0n) is 9.81. The van der Waals surface area contributed by atoms with E-state index in [-0.39, 0.29) is 5.92 Å². The molecule has 0 saturated carbocycles. The SMILES string of the molecule is CC1=NOC(=O)C1(N=CN(C)C)C(C)C. The van der Waals surface area contributed by atoms with Crippen molar-refractivity contribution in [2.45, 2.75) is 26.3 Å². The maximum atomic E-state index is 11.7. The van der Waals surface area contributed by atoms with Crippen molar-refractivity contribution in [1.82, 2.24) is 4.90 Å². The fourth-order valence-corrected chi connectivity index (χ4v) is 1.55. The molecule has 0 radical (unpaired) electrons. The van der Waals surface area contributed by atoms with Crippen molar-refractivity contribution in [3.8, 4) is 0 Å². The van der Waals surface area contributed by atoms with E-state index in [0.29, 0.717) is 5.71 Å². The standard InChI is InChI=1S/C10H17N3O2/c1-7(2)10(11-6-13(4)5)8(3)12-15-9(10)14/h6-7H,1-5H3. The van der Waals surface area contributed by atoms with Gasteiger partial charge in [-0.15, -0.1) is 0 Å². The Morgan fingerprint density at radius 1 is 1.53 bits per heavy atom. The van der Waals surface area contributed by atoms with Gasteiger partial charge in [-0.25, -0.2) is 4.79 Å². The van der Waals surface area contributed by atoms with Crippen molar-refractivity contribution < 1.29 is 9.63 Å². The number of carbonyl (C=O) groups excluding carboxylic acids is 1. The zero-order valence-corrected chi connectivity index (χ0v) is 9.81. The normalized spacial score (nSPS) is 26.0. The van der Waals surface area contributed by atoms with Crippen LogP contribution in [0.5, 0.6) is 0 Å². The second-order valence-electron chi connectivity index (χ2n) is 4.18. The minimum Gasteiger partial charge on any atom is -0.369 e. The van der Waals surface area contributed by atoms with Gasteiger partial charge in [-0.05, 0) is 12.8 Å². The highest BCUT2D eigenvalue weighted by atomic mass is 16.7. The first-order valence-corrected chi connectivity index (χ1v) is 4.89. The summed E-state index contributed by atoms with van der Waals surface area (Å²) in [5.41, 5.74) is -0.329. The van der Waals surface area contributed by atoms with Crippen LogP contribution in [0.1, 0.15) is 20.8 Å². The van der Waals surface area contributed by atoms with Crippen LogP contribution in [0.2, 0.25) is 0 Å². The lowest BCUT2D eigenvalue weighted by atomic mass is 9.83. The molecular weight excluding hydrogens is 194 g/mol. The molecule has 0 aromatic carbocycles. The lowest BCUT2D eigenvalue weighted by Gasteiger charge is -2.24. The molecule has 1 rings (SSSR count). The van der Waals surface area contributed by atoms with Crippen LogP contribution in [-0.2, 0) is 9.63 Å². The molecule has 15 heavy (non-hydrogen) atoms. The molecule has 1 heterocycles. The van der Waals surface area contributed by atoms with Crippen LogP contribution in [0.3, 0.4) is 0 Å². The molecule has 0 N–H and O–H groups in total. The number of hydrogen-bond acceptors (Lipinski definition) is 4. The molecule has 5 nitrogen and oxygen atoms in total. The third-order valence-electron chi connectivity index (χ3n) is 2.46. The molecule has 0 fully saturated rings. The van der Waals surface area contributed by atoms with E-state index in [0.717, 1.165) is 0 Å². The zero-order chi connectivity index (χ0) is 11.6. The lowest BCUT2D eigenvalue weighted by molar-refractivity contribution is -0.145. The number of carbonyl (C=O) groups is 1. The van der Waals surface area contributed by atoms with Gasteiger partial charge >= 0.3 is 5.97 Å². The lowest BCUT2D eigenvalue weighted by Crippen LogP contribution is -2.45. The highest BCUT2D eigenvalue weighted by Gasteiger charge is 2.50. The average molecular weight is 211 g/mol. The van der Waals surface area contributed by atoms with Crippen molar-refractivity contribution in [2.24, 2.45) is 16.1 Å². The van der Waals surface area contributed by atoms with Crippen LogP contribution < -0.4 is 0 Å². The largest absolute Gasteiger partial charge is 0.369 e. The molecular formula is C10H17N3O2. The van der Waals surface area contributed by atoms with E-state index in [1.165, 1.54) is 0 Å². The maximum Gasteiger partial charge on any atom is 0.368 e. The molecule has 0 spiro atoms. The van der Waals surface area contributed by atoms with Gasteiger partial charge in [0, 0.05) is 14.1 Å².